The second-order valence-electron chi connectivity index (χ2n) is 8.24. The molecule has 1 saturated heterocycles. The first-order valence-electron chi connectivity index (χ1n) is 11.0. The van der Waals surface area contributed by atoms with Crippen LogP contribution >= 0.6 is 0 Å². The van der Waals surface area contributed by atoms with Crippen molar-refractivity contribution in [2.24, 2.45) is 0 Å². The number of sulfonamides is 1. The molecule has 0 radical (unpaired) electrons. The molecule has 2 N–H and O–H groups in total. The molecular formula is C24H26FN3O4S. The van der Waals surface area contributed by atoms with Gasteiger partial charge in [-0.15, -0.1) is 0 Å². The van der Waals surface area contributed by atoms with Crippen LogP contribution in [-0.4, -0.2) is 36.2 Å². The number of benzene rings is 2. The van der Waals surface area contributed by atoms with E-state index in [9.17, 15) is 22.4 Å². The van der Waals surface area contributed by atoms with Crippen LogP contribution in [0, 0.1) is 5.82 Å². The molecule has 2 heterocycles. The predicted molar refractivity (Wildman–Crippen MR) is 124 cm³/mol. The van der Waals surface area contributed by atoms with E-state index in [1.165, 1.54) is 30.3 Å². The first kappa shape index (κ1) is 23.1. The minimum atomic E-state index is -3.75. The number of aromatic nitrogens is 1. The molecule has 0 bridgehead atoms. The Morgan fingerprint density at radius 3 is 2.64 bits per heavy atom. The van der Waals surface area contributed by atoms with Gasteiger partial charge in [-0.2, -0.15) is 4.31 Å². The van der Waals surface area contributed by atoms with Crippen molar-refractivity contribution in [1.82, 2.24) is 14.6 Å². The van der Waals surface area contributed by atoms with Crippen molar-refractivity contribution in [3.63, 3.8) is 0 Å². The maximum absolute atomic E-state index is 13.4. The van der Waals surface area contributed by atoms with Crippen molar-refractivity contribution in [3.8, 4) is 0 Å². The van der Waals surface area contributed by atoms with E-state index in [0.29, 0.717) is 23.0 Å². The number of nitrogens with zero attached hydrogens (tertiary/aromatic N) is 1. The lowest BCUT2D eigenvalue weighted by atomic mass is 10.0. The fourth-order valence-electron chi connectivity index (χ4n) is 4.29. The van der Waals surface area contributed by atoms with Gasteiger partial charge < -0.3 is 10.3 Å². The number of aromatic amines is 1. The van der Waals surface area contributed by atoms with Crippen LogP contribution < -0.4 is 10.9 Å². The summed E-state index contributed by atoms with van der Waals surface area (Å²) in [6, 6.07) is 11.3. The quantitative estimate of drug-likeness (QED) is 0.574. The van der Waals surface area contributed by atoms with E-state index in [2.05, 4.69) is 10.3 Å². The van der Waals surface area contributed by atoms with Gasteiger partial charge in [0.25, 0.3) is 5.91 Å². The Hall–Kier alpha value is -3.04. The highest BCUT2D eigenvalue weighted by atomic mass is 32.2. The zero-order chi connectivity index (χ0) is 23.6. The molecule has 0 aliphatic carbocycles. The maximum Gasteiger partial charge on any atom is 0.252 e. The van der Waals surface area contributed by atoms with Gasteiger partial charge in [0, 0.05) is 36.1 Å². The molecule has 9 heteroatoms. The summed E-state index contributed by atoms with van der Waals surface area (Å²) in [5.41, 5.74) is 0.683. The standard InChI is InChI=1S/C24H26FN3O4S/c1-2-18-5-3-4-12-28(18)33(31,32)19-10-11-22-20(13-19)21(14-23(29)27-22)24(30)26-15-16-6-8-17(25)9-7-16/h6-11,13-14,18H,2-5,12,15H2,1H3,(H,26,30)(H,27,29). The van der Waals surface area contributed by atoms with Crippen LogP contribution in [0.15, 0.2) is 58.2 Å². The number of fused-ring (bicyclic) bond motifs is 1. The number of carbonyl (C=O) groups excluding carboxylic acids is 1. The van der Waals surface area contributed by atoms with Crippen molar-refractivity contribution in [2.75, 3.05) is 6.54 Å². The van der Waals surface area contributed by atoms with Gasteiger partial charge in [-0.3, -0.25) is 9.59 Å². The molecule has 4 rings (SSSR count). The second-order valence-corrected chi connectivity index (χ2v) is 10.1. The number of hydrogen-bond acceptors (Lipinski definition) is 4. The highest BCUT2D eigenvalue weighted by Gasteiger charge is 2.32. The van der Waals surface area contributed by atoms with Gasteiger partial charge in [-0.25, -0.2) is 12.8 Å². The third-order valence-electron chi connectivity index (χ3n) is 6.08. The summed E-state index contributed by atoms with van der Waals surface area (Å²) in [6.07, 6.45) is 3.38. The van der Waals surface area contributed by atoms with Gasteiger partial charge in [0.15, 0.2) is 0 Å². The lowest BCUT2D eigenvalue weighted by Crippen LogP contribution is -2.43. The average Bonchev–Trinajstić information content (AvgIpc) is 2.82. The lowest BCUT2D eigenvalue weighted by Gasteiger charge is -2.34. The van der Waals surface area contributed by atoms with Crippen LogP contribution in [0.4, 0.5) is 4.39 Å². The molecule has 2 aromatic carbocycles. The summed E-state index contributed by atoms with van der Waals surface area (Å²) in [5, 5.41) is 3.06. The minimum absolute atomic E-state index is 0.0477. The van der Waals surface area contributed by atoms with Crippen LogP contribution in [0.25, 0.3) is 10.9 Å². The van der Waals surface area contributed by atoms with Crippen LogP contribution in [0.5, 0.6) is 0 Å². The van der Waals surface area contributed by atoms with Gasteiger partial charge in [-0.05, 0) is 55.2 Å². The smallest absolute Gasteiger partial charge is 0.252 e. The first-order valence-corrected chi connectivity index (χ1v) is 12.4. The van der Waals surface area contributed by atoms with Crippen molar-refractivity contribution < 1.29 is 17.6 Å². The fraction of sp³-hybridized carbons (Fsp3) is 0.333. The highest BCUT2D eigenvalue weighted by molar-refractivity contribution is 7.89. The maximum atomic E-state index is 13.4. The molecule has 174 valence electrons. The Morgan fingerprint density at radius 1 is 1.15 bits per heavy atom. The number of H-pyrrole nitrogens is 1. The Balaban J connectivity index is 1.69. The molecule has 7 nitrogen and oxygen atoms in total. The topological polar surface area (TPSA) is 99.3 Å². The van der Waals surface area contributed by atoms with Crippen molar-refractivity contribution >= 4 is 26.8 Å². The zero-order valence-corrected chi connectivity index (χ0v) is 19.1. The molecule has 1 atom stereocenters. The molecule has 0 spiro atoms. The van der Waals surface area contributed by atoms with Crippen molar-refractivity contribution in [2.45, 2.75) is 50.1 Å². The van der Waals surface area contributed by atoms with Crippen LogP contribution in [-0.2, 0) is 16.6 Å². The van der Waals surface area contributed by atoms with Crippen LogP contribution in [0.3, 0.4) is 0 Å². The van der Waals surface area contributed by atoms with Gasteiger partial charge in [0.2, 0.25) is 15.6 Å². The van der Waals surface area contributed by atoms with E-state index in [-0.39, 0.29) is 28.9 Å². The van der Waals surface area contributed by atoms with E-state index >= 15 is 0 Å². The van der Waals surface area contributed by atoms with E-state index in [0.717, 1.165) is 31.7 Å². The number of carbonyl (C=O) groups is 1. The Bertz CT molecular complexity index is 1340. The number of rotatable bonds is 6. The molecule has 1 aromatic heterocycles. The Labute approximate surface area is 191 Å². The number of halogens is 1. The second kappa shape index (κ2) is 9.44. The molecule has 1 aliphatic heterocycles. The van der Waals surface area contributed by atoms with Crippen LogP contribution in [0.1, 0.15) is 48.5 Å². The molecule has 1 aliphatic rings. The van der Waals surface area contributed by atoms with E-state index in [1.807, 2.05) is 6.92 Å². The fourth-order valence-corrected chi connectivity index (χ4v) is 6.09. The summed E-state index contributed by atoms with van der Waals surface area (Å²) < 4.78 is 41.5. The summed E-state index contributed by atoms with van der Waals surface area (Å²) in [6.45, 7) is 2.58. The third-order valence-corrected chi connectivity index (χ3v) is 8.02. The highest BCUT2D eigenvalue weighted by Crippen LogP contribution is 2.29. The first-order chi connectivity index (χ1) is 15.8. The largest absolute Gasteiger partial charge is 0.348 e. The summed E-state index contributed by atoms with van der Waals surface area (Å²) in [4.78, 5) is 27.8. The molecule has 1 unspecified atom stereocenters. The number of hydrogen-bond donors (Lipinski definition) is 2. The predicted octanol–water partition coefficient (Wildman–Crippen LogP) is 3.55. The average molecular weight is 472 g/mol. The monoisotopic (exact) mass is 471 g/mol. The number of amides is 1. The zero-order valence-electron chi connectivity index (χ0n) is 18.3. The normalized spacial score (nSPS) is 17.2. The SMILES string of the molecule is CCC1CCCCN1S(=O)(=O)c1ccc2[nH]c(=O)cc(C(=O)NCc3ccc(F)cc3)c2c1. The van der Waals surface area contributed by atoms with E-state index in [4.69, 9.17) is 0 Å². The van der Waals surface area contributed by atoms with Gasteiger partial charge in [-0.1, -0.05) is 25.5 Å². The Kier molecular flexibility index (Phi) is 6.62. The summed E-state index contributed by atoms with van der Waals surface area (Å²) >= 11 is 0. The van der Waals surface area contributed by atoms with Gasteiger partial charge in [0.1, 0.15) is 5.82 Å². The number of piperidine rings is 1. The minimum Gasteiger partial charge on any atom is -0.348 e. The van der Waals surface area contributed by atoms with Gasteiger partial charge >= 0.3 is 0 Å². The number of nitrogens with one attached hydrogen (secondary N) is 2. The van der Waals surface area contributed by atoms with E-state index in [1.54, 1.807) is 16.4 Å². The van der Waals surface area contributed by atoms with Crippen LogP contribution in [0.2, 0.25) is 0 Å². The Morgan fingerprint density at radius 2 is 1.91 bits per heavy atom. The molecule has 0 saturated carbocycles. The molecular weight excluding hydrogens is 445 g/mol. The molecule has 1 fully saturated rings. The molecule has 33 heavy (non-hydrogen) atoms. The van der Waals surface area contributed by atoms with Gasteiger partial charge in [0.05, 0.1) is 10.5 Å². The molecule has 3 aromatic rings. The number of pyridine rings is 1. The third kappa shape index (κ3) is 4.84. The summed E-state index contributed by atoms with van der Waals surface area (Å²) in [5.74, 6) is -0.896. The van der Waals surface area contributed by atoms with E-state index < -0.39 is 21.5 Å². The summed E-state index contributed by atoms with van der Waals surface area (Å²) in [7, 11) is -3.75. The lowest BCUT2D eigenvalue weighted by molar-refractivity contribution is 0.0952. The van der Waals surface area contributed by atoms with Crippen molar-refractivity contribution in [3.05, 3.63) is 75.8 Å². The molecule has 1 amide bonds. The van der Waals surface area contributed by atoms with Crippen molar-refractivity contribution in [1.29, 1.82) is 0 Å².